The number of nitrogen functional groups attached to an aromatic ring is 1. The van der Waals surface area contributed by atoms with Gasteiger partial charge in [-0.25, -0.2) is 0 Å². The van der Waals surface area contributed by atoms with Crippen LogP contribution < -0.4 is 10.5 Å². The molecule has 3 rings (SSSR count). The third-order valence-corrected chi connectivity index (χ3v) is 3.90. The molecule has 4 heteroatoms. The molecule has 0 atom stereocenters. The van der Waals surface area contributed by atoms with Gasteiger partial charge in [0.2, 0.25) is 0 Å². The monoisotopic (exact) mass is 286 g/mol. The number of benzene rings is 2. The molecule has 1 fully saturated rings. The number of nitrogens with zero attached hydrogens (tertiary/aromatic N) is 1. The first-order valence-electron chi connectivity index (χ1n) is 7.55. The highest BCUT2D eigenvalue weighted by Gasteiger charge is 2.10. The van der Waals surface area contributed by atoms with Crippen molar-refractivity contribution in [1.29, 1.82) is 0 Å². The van der Waals surface area contributed by atoms with Crippen molar-refractivity contribution >= 4 is 16.5 Å². The molecule has 0 saturated carbocycles. The smallest absolute Gasteiger partial charge is 0.127 e. The van der Waals surface area contributed by atoms with Gasteiger partial charge in [0.25, 0.3) is 0 Å². The average molecular weight is 286 g/mol. The first-order valence-corrected chi connectivity index (χ1v) is 7.55. The molecule has 0 spiro atoms. The maximum atomic E-state index is 6.01. The predicted molar refractivity (Wildman–Crippen MR) is 85.7 cm³/mol. The lowest BCUT2D eigenvalue weighted by Crippen LogP contribution is -2.30. The van der Waals surface area contributed by atoms with Gasteiger partial charge in [-0.2, -0.15) is 0 Å². The van der Waals surface area contributed by atoms with E-state index in [1.807, 2.05) is 30.3 Å². The van der Waals surface area contributed by atoms with Crippen molar-refractivity contribution in [2.75, 3.05) is 45.2 Å². The van der Waals surface area contributed by atoms with E-state index in [1.54, 1.807) is 0 Å². The Morgan fingerprint density at radius 1 is 1.05 bits per heavy atom. The third kappa shape index (κ3) is 3.46. The molecular formula is C17H22N2O2. The minimum absolute atomic E-state index is 0.688. The minimum atomic E-state index is 0.688. The van der Waals surface area contributed by atoms with Gasteiger partial charge in [0.1, 0.15) is 12.4 Å². The van der Waals surface area contributed by atoms with Crippen LogP contribution in [0.15, 0.2) is 36.4 Å². The highest BCUT2D eigenvalue weighted by Crippen LogP contribution is 2.29. The van der Waals surface area contributed by atoms with Gasteiger partial charge in [-0.3, -0.25) is 4.90 Å². The molecule has 1 aliphatic heterocycles. The number of ether oxygens (including phenoxy) is 2. The summed E-state index contributed by atoms with van der Waals surface area (Å²) in [5.74, 6) is 0.908. The van der Waals surface area contributed by atoms with Crippen LogP contribution in [-0.2, 0) is 4.74 Å². The summed E-state index contributed by atoms with van der Waals surface area (Å²) in [6, 6.07) is 12.0. The Kier molecular flexibility index (Phi) is 4.58. The fourth-order valence-electron chi connectivity index (χ4n) is 2.73. The number of hydrogen-bond acceptors (Lipinski definition) is 4. The van der Waals surface area contributed by atoms with E-state index >= 15 is 0 Å². The molecule has 0 bridgehead atoms. The molecule has 0 aliphatic carbocycles. The summed E-state index contributed by atoms with van der Waals surface area (Å²) in [6.07, 6.45) is 1.10. The van der Waals surface area contributed by atoms with Gasteiger partial charge >= 0.3 is 0 Å². The lowest BCUT2D eigenvalue weighted by Gasteiger charge is -2.19. The fourth-order valence-corrected chi connectivity index (χ4v) is 2.73. The molecule has 1 aliphatic rings. The van der Waals surface area contributed by atoms with E-state index in [9.17, 15) is 0 Å². The minimum Gasteiger partial charge on any atom is -0.492 e. The molecule has 2 aromatic carbocycles. The largest absolute Gasteiger partial charge is 0.492 e. The van der Waals surface area contributed by atoms with Crippen molar-refractivity contribution in [2.45, 2.75) is 6.42 Å². The standard InChI is InChI=1S/C17H22N2O2/c18-16-6-7-17(15-5-2-1-4-14(15)16)21-13-10-19-8-3-11-20-12-9-19/h1-2,4-7H,3,8-13,18H2. The quantitative estimate of drug-likeness (QED) is 0.877. The molecule has 4 nitrogen and oxygen atoms in total. The second-order valence-electron chi connectivity index (χ2n) is 5.35. The Hall–Kier alpha value is -1.78. The zero-order valence-corrected chi connectivity index (χ0v) is 12.3. The molecule has 1 saturated heterocycles. The maximum Gasteiger partial charge on any atom is 0.127 e. The molecule has 2 N–H and O–H groups in total. The van der Waals surface area contributed by atoms with E-state index in [4.69, 9.17) is 15.2 Å². The van der Waals surface area contributed by atoms with Crippen molar-refractivity contribution in [3.8, 4) is 5.75 Å². The normalized spacial score (nSPS) is 16.8. The van der Waals surface area contributed by atoms with Gasteiger partial charge < -0.3 is 15.2 Å². The molecule has 112 valence electrons. The third-order valence-electron chi connectivity index (χ3n) is 3.90. The Balaban J connectivity index is 1.64. The number of nitrogens with two attached hydrogens (primary N) is 1. The van der Waals surface area contributed by atoms with E-state index in [-0.39, 0.29) is 0 Å². The second-order valence-corrected chi connectivity index (χ2v) is 5.35. The van der Waals surface area contributed by atoms with E-state index in [0.717, 1.165) is 61.5 Å². The molecular weight excluding hydrogens is 264 g/mol. The predicted octanol–water partition coefficient (Wildman–Crippen LogP) is 2.52. The van der Waals surface area contributed by atoms with Crippen LogP contribution in [0.2, 0.25) is 0 Å². The Labute approximate surface area is 125 Å². The zero-order chi connectivity index (χ0) is 14.5. The van der Waals surface area contributed by atoms with E-state index in [1.165, 1.54) is 0 Å². The summed E-state index contributed by atoms with van der Waals surface area (Å²) >= 11 is 0. The van der Waals surface area contributed by atoms with E-state index < -0.39 is 0 Å². The van der Waals surface area contributed by atoms with Gasteiger partial charge in [0.05, 0.1) is 6.61 Å². The lowest BCUT2D eigenvalue weighted by atomic mass is 10.1. The van der Waals surface area contributed by atoms with Crippen LogP contribution in [0.3, 0.4) is 0 Å². The molecule has 21 heavy (non-hydrogen) atoms. The van der Waals surface area contributed by atoms with Crippen molar-refractivity contribution in [3.05, 3.63) is 36.4 Å². The van der Waals surface area contributed by atoms with Gasteiger partial charge in [-0.05, 0) is 18.6 Å². The van der Waals surface area contributed by atoms with Crippen LogP contribution in [0.5, 0.6) is 5.75 Å². The van der Waals surface area contributed by atoms with Crippen LogP contribution in [0.25, 0.3) is 10.8 Å². The van der Waals surface area contributed by atoms with Crippen LogP contribution >= 0.6 is 0 Å². The van der Waals surface area contributed by atoms with Crippen LogP contribution in [0.4, 0.5) is 5.69 Å². The molecule has 0 unspecified atom stereocenters. The number of hydrogen-bond donors (Lipinski definition) is 1. The first kappa shape index (κ1) is 14.2. The van der Waals surface area contributed by atoms with Gasteiger partial charge in [0.15, 0.2) is 0 Å². The summed E-state index contributed by atoms with van der Waals surface area (Å²) in [6.45, 7) is 5.40. The Morgan fingerprint density at radius 3 is 2.81 bits per heavy atom. The summed E-state index contributed by atoms with van der Waals surface area (Å²) in [5.41, 5.74) is 6.80. The van der Waals surface area contributed by atoms with E-state index in [0.29, 0.717) is 6.61 Å². The topological polar surface area (TPSA) is 47.7 Å². The highest BCUT2D eigenvalue weighted by molar-refractivity contribution is 5.96. The summed E-state index contributed by atoms with van der Waals surface area (Å²) < 4.78 is 11.4. The lowest BCUT2D eigenvalue weighted by molar-refractivity contribution is 0.137. The SMILES string of the molecule is Nc1ccc(OCCN2CCCOCC2)c2ccccc12. The van der Waals surface area contributed by atoms with E-state index in [2.05, 4.69) is 11.0 Å². The number of fused-ring (bicyclic) bond motifs is 1. The summed E-state index contributed by atoms with van der Waals surface area (Å²) in [7, 11) is 0. The molecule has 1 heterocycles. The average Bonchev–Trinajstić information content (AvgIpc) is 2.79. The summed E-state index contributed by atoms with van der Waals surface area (Å²) in [5, 5.41) is 2.13. The van der Waals surface area contributed by atoms with Crippen LogP contribution in [0, 0.1) is 0 Å². The van der Waals surface area contributed by atoms with Crippen molar-refractivity contribution in [3.63, 3.8) is 0 Å². The molecule has 2 aromatic rings. The molecule has 0 amide bonds. The maximum absolute atomic E-state index is 6.01. The van der Waals surface area contributed by atoms with Crippen LogP contribution in [0.1, 0.15) is 6.42 Å². The van der Waals surface area contributed by atoms with Gasteiger partial charge in [-0.1, -0.05) is 24.3 Å². The van der Waals surface area contributed by atoms with Crippen molar-refractivity contribution < 1.29 is 9.47 Å². The van der Waals surface area contributed by atoms with Crippen molar-refractivity contribution in [1.82, 2.24) is 4.90 Å². The molecule has 0 radical (unpaired) electrons. The fraction of sp³-hybridized carbons (Fsp3) is 0.412. The summed E-state index contributed by atoms with van der Waals surface area (Å²) in [4.78, 5) is 2.40. The molecule has 0 aromatic heterocycles. The van der Waals surface area contributed by atoms with Crippen LogP contribution in [-0.4, -0.2) is 44.4 Å². The highest BCUT2D eigenvalue weighted by atomic mass is 16.5. The Bertz CT molecular complexity index is 592. The van der Waals surface area contributed by atoms with Gasteiger partial charge in [0, 0.05) is 42.7 Å². The first-order chi connectivity index (χ1) is 10.3. The Morgan fingerprint density at radius 2 is 1.90 bits per heavy atom. The number of rotatable bonds is 4. The van der Waals surface area contributed by atoms with Gasteiger partial charge in [-0.15, -0.1) is 0 Å². The second kappa shape index (κ2) is 6.78. The van der Waals surface area contributed by atoms with Crippen molar-refractivity contribution in [2.24, 2.45) is 0 Å². The zero-order valence-electron chi connectivity index (χ0n) is 12.3. The number of anilines is 1.